The third-order valence-corrected chi connectivity index (χ3v) is 16.7. The fourth-order valence-corrected chi connectivity index (χ4v) is 15.0. The zero-order valence-corrected chi connectivity index (χ0v) is 36.0. The van der Waals surface area contributed by atoms with Crippen molar-refractivity contribution >= 4 is 23.0 Å². The van der Waals surface area contributed by atoms with Gasteiger partial charge in [-0.2, -0.15) is 0 Å². The van der Waals surface area contributed by atoms with Crippen LogP contribution in [0.3, 0.4) is 0 Å². The van der Waals surface area contributed by atoms with Gasteiger partial charge in [0.15, 0.2) is 0 Å². The van der Waals surface area contributed by atoms with Crippen molar-refractivity contribution in [3.63, 3.8) is 0 Å². The Bertz CT molecular complexity index is 1130. The molecule has 0 aromatic rings. The highest BCUT2D eigenvalue weighted by atomic mass is 31.3. The van der Waals surface area contributed by atoms with Gasteiger partial charge in [0.25, 0.3) is 0 Å². The number of hydrogen-bond donors (Lipinski definition) is 0. The van der Waals surface area contributed by atoms with E-state index in [1.54, 1.807) is 35.5 Å². The van der Waals surface area contributed by atoms with Crippen LogP contribution in [-0.4, -0.2) is 174 Å². The predicted octanol–water partition coefficient (Wildman–Crippen LogP) is 5.47. The molecule has 0 spiro atoms. The van der Waals surface area contributed by atoms with Gasteiger partial charge in [-0.25, -0.2) is 0 Å². The van der Waals surface area contributed by atoms with E-state index in [2.05, 4.69) is 12.2 Å². The molecule has 1 saturated carbocycles. The Balaban J connectivity index is 2.06. The number of hydrogen-bond acceptors (Lipinski definition) is 19. The summed E-state index contributed by atoms with van der Waals surface area (Å²) in [6.45, 7) is 5.89. The first-order valence-electron chi connectivity index (χ1n) is 18.8. The van der Waals surface area contributed by atoms with Crippen LogP contribution in [0, 0.1) is 17.8 Å². The molecule has 0 aromatic carbocycles. The van der Waals surface area contributed by atoms with Crippen LogP contribution in [0.4, 0.5) is 0 Å². The van der Waals surface area contributed by atoms with E-state index in [0.29, 0.717) is 84.5 Å². The van der Waals surface area contributed by atoms with Crippen molar-refractivity contribution in [2.24, 2.45) is 31.3 Å². The molecule has 4 atom stereocenters. The quantitative estimate of drug-likeness (QED) is 0.0433. The maximum atomic E-state index is 6.81. The molecule has 55 heavy (non-hydrogen) atoms. The minimum atomic E-state index is -3.68. The number of ether oxygens (including phenoxy) is 10. The molecule has 1 heterocycles. The van der Waals surface area contributed by atoms with Gasteiger partial charge in [0.2, 0.25) is 0 Å². The van der Waals surface area contributed by atoms with Gasteiger partial charge in [-0.05, 0) is 30.6 Å². The van der Waals surface area contributed by atoms with Crippen molar-refractivity contribution in [1.82, 2.24) is 0 Å². The lowest BCUT2D eigenvalue weighted by Gasteiger charge is -2.34. The molecule has 4 unspecified atom stereocenters. The smallest absolute Gasteiger partial charge is 0.349 e. The van der Waals surface area contributed by atoms with Crippen molar-refractivity contribution in [2.75, 3.05) is 174 Å². The maximum absolute atomic E-state index is 6.81. The summed E-state index contributed by atoms with van der Waals surface area (Å²) in [5, 5.41) is 0. The van der Waals surface area contributed by atoms with Gasteiger partial charge in [-0.3, -0.25) is 0 Å². The molecule has 3 aliphatic rings. The Morgan fingerprint density at radius 3 is 0.964 bits per heavy atom. The first-order chi connectivity index (χ1) is 27.0. The Labute approximate surface area is 327 Å². The zero-order valence-electron chi connectivity index (χ0n) is 33.4. The topological polar surface area (TPSA) is 185 Å². The summed E-state index contributed by atoms with van der Waals surface area (Å²) >= 11 is 0. The summed E-state index contributed by atoms with van der Waals surface area (Å²) in [5.74, 6) is 1.19. The van der Waals surface area contributed by atoms with E-state index in [-0.39, 0.29) is 72.0 Å². The van der Waals surface area contributed by atoms with Crippen molar-refractivity contribution in [1.29, 1.82) is 0 Å². The van der Waals surface area contributed by atoms with Crippen molar-refractivity contribution < 1.29 is 74.5 Å². The zero-order chi connectivity index (χ0) is 39.3. The first-order valence-corrected chi connectivity index (χ1v) is 23.4. The van der Waals surface area contributed by atoms with Crippen molar-refractivity contribution in [3.8, 4) is 0 Å². The van der Waals surface area contributed by atoms with Crippen molar-refractivity contribution in [2.45, 2.75) is 12.8 Å². The average Bonchev–Trinajstić information content (AvgIpc) is 3.82. The molecule has 324 valence electrons. The van der Waals surface area contributed by atoms with Gasteiger partial charge >= 0.3 is 23.0 Å². The molecule has 3 rings (SSSR count). The third kappa shape index (κ3) is 19.6. The standard InChI is InChI=1S/C33H66N3O16P3/c1-37-8-13-42-18-23-47-53(48-24-19-43-14-9-38-2)34-54(49-25-20-44-15-10-39-3,50-26-21-45-16-11-40-4)36-55(35-53,51-27-22-46-17-12-41-5)52-30-33-29-31-6-7-32(33)28-31/h6-7,31-33H,8-30H2,1-5H3. The maximum Gasteiger partial charge on any atom is 0.349 e. The molecule has 0 amide bonds. The lowest BCUT2D eigenvalue weighted by Crippen LogP contribution is -2.16. The molecule has 0 radical (unpaired) electrons. The van der Waals surface area contributed by atoms with Crippen LogP contribution in [0.2, 0.25) is 0 Å². The summed E-state index contributed by atoms with van der Waals surface area (Å²) in [4.78, 5) is 0. The highest BCUT2D eigenvalue weighted by molar-refractivity contribution is 7.78. The van der Waals surface area contributed by atoms with Crippen LogP contribution in [0.15, 0.2) is 25.7 Å². The molecule has 2 bridgehead atoms. The lowest BCUT2D eigenvalue weighted by molar-refractivity contribution is 0.0420. The second-order valence-electron chi connectivity index (χ2n) is 12.3. The minimum absolute atomic E-state index is 0.0760. The summed E-state index contributed by atoms with van der Waals surface area (Å²) in [7, 11) is -2.96. The predicted molar refractivity (Wildman–Crippen MR) is 206 cm³/mol. The molecule has 19 nitrogen and oxygen atoms in total. The van der Waals surface area contributed by atoms with Gasteiger partial charge in [-0.1, -0.05) is 12.2 Å². The van der Waals surface area contributed by atoms with Gasteiger partial charge in [0.05, 0.1) is 139 Å². The van der Waals surface area contributed by atoms with Crippen LogP contribution in [0.25, 0.3) is 0 Å². The summed E-state index contributed by atoms with van der Waals surface area (Å²) in [5.41, 5.74) is 0. The van der Waals surface area contributed by atoms with E-state index in [0.717, 1.165) is 12.8 Å². The normalized spacial score (nSPS) is 23.5. The molecule has 22 heteroatoms. The fraction of sp³-hybridized carbons (Fsp3) is 0.939. The molecule has 1 fully saturated rings. The van der Waals surface area contributed by atoms with Crippen LogP contribution >= 0.6 is 23.0 Å². The number of rotatable bonds is 38. The second kappa shape index (κ2) is 29.9. The molecular weight excluding hydrogens is 787 g/mol. The Hall–Kier alpha value is -0.210. The van der Waals surface area contributed by atoms with E-state index in [1.807, 2.05) is 0 Å². The number of nitrogens with zero attached hydrogens (tertiary/aromatic N) is 3. The number of allylic oxidation sites excluding steroid dienone is 2. The van der Waals surface area contributed by atoms with Gasteiger partial charge in [0, 0.05) is 35.5 Å². The highest BCUT2D eigenvalue weighted by Crippen LogP contribution is 2.80. The van der Waals surface area contributed by atoms with Crippen LogP contribution in [0.1, 0.15) is 12.8 Å². The Kier molecular flexibility index (Phi) is 26.7. The number of fused-ring (bicyclic) bond motifs is 2. The highest BCUT2D eigenvalue weighted by Gasteiger charge is 2.45. The molecule has 2 aliphatic carbocycles. The largest absolute Gasteiger partial charge is 0.382 e. The molecule has 0 aromatic heterocycles. The molecule has 1 aliphatic heterocycles. The summed E-state index contributed by atoms with van der Waals surface area (Å²) in [6, 6.07) is 0. The summed E-state index contributed by atoms with van der Waals surface area (Å²) < 4.78 is 109. The summed E-state index contributed by atoms with van der Waals surface area (Å²) in [6.07, 6.45) is 6.66. The van der Waals surface area contributed by atoms with E-state index in [9.17, 15) is 0 Å². The van der Waals surface area contributed by atoms with Crippen LogP contribution in [-0.2, 0) is 74.5 Å². The first kappa shape index (κ1) is 49.2. The molecule has 0 saturated heterocycles. The number of methoxy groups -OCH3 is 5. The monoisotopic (exact) mass is 853 g/mol. The minimum Gasteiger partial charge on any atom is -0.382 e. The fourth-order valence-electron chi connectivity index (χ4n) is 5.48. The van der Waals surface area contributed by atoms with Gasteiger partial charge in [-0.15, -0.1) is 13.5 Å². The molecular formula is C33H66N3O16P3. The Morgan fingerprint density at radius 2 is 0.691 bits per heavy atom. The third-order valence-electron chi connectivity index (χ3n) is 8.15. The second-order valence-corrected chi connectivity index (χ2v) is 18.9. The van der Waals surface area contributed by atoms with E-state index < -0.39 is 23.0 Å². The van der Waals surface area contributed by atoms with Gasteiger partial charge < -0.3 is 74.5 Å². The van der Waals surface area contributed by atoms with Crippen molar-refractivity contribution in [3.05, 3.63) is 12.2 Å². The Morgan fingerprint density at radius 1 is 0.382 bits per heavy atom. The van der Waals surface area contributed by atoms with Crippen LogP contribution < -0.4 is 0 Å². The SMILES string of the molecule is COCCOCCOP1(OCCOCCOC)=NP(OCCOCCOC)(OCCOCCOC)=NP(OCCOCCOC)(OCC2CC3C=CC2C3)=N1. The average molecular weight is 854 g/mol. The van der Waals surface area contributed by atoms with E-state index in [1.165, 1.54) is 0 Å². The molecule has 0 N–H and O–H groups in total. The van der Waals surface area contributed by atoms with Gasteiger partial charge in [0.1, 0.15) is 0 Å². The lowest BCUT2D eigenvalue weighted by atomic mass is 9.95. The van der Waals surface area contributed by atoms with E-state index in [4.69, 9.17) is 88.1 Å². The van der Waals surface area contributed by atoms with Crippen LogP contribution in [0.5, 0.6) is 0 Å². The van der Waals surface area contributed by atoms with E-state index >= 15 is 0 Å².